The first-order valence-electron chi connectivity index (χ1n) is 3.85. The monoisotopic (exact) mass is 195 g/mol. The summed E-state index contributed by atoms with van der Waals surface area (Å²) in [7, 11) is 0. The van der Waals surface area contributed by atoms with Crippen molar-refractivity contribution in [2.75, 3.05) is 0 Å². The SMILES string of the molecule is Cc1cc(-c2ccccc2)no1.Cl. The van der Waals surface area contributed by atoms with Crippen LogP contribution in [-0.2, 0) is 0 Å². The standard InChI is InChI=1S/C10H9NO.ClH/c1-8-7-10(11-12-8)9-5-3-2-4-6-9;/h2-7H,1H3;1H. The molecular weight excluding hydrogens is 186 g/mol. The van der Waals surface area contributed by atoms with Gasteiger partial charge in [0, 0.05) is 11.6 Å². The van der Waals surface area contributed by atoms with Crippen molar-refractivity contribution in [1.82, 2.24) is 5.16 Å². The topological polar surface area (TPSA) is 26.0 Å². The number of hydrogen-bond donors (Lipinski definition) is 0. The number of aromatic nitrogens is 1. The zero-order chi connectivity index (χ0) is 8.39. The average Bonchev–Trinajstić information content (AvgIpc) is 2.54. The molecule has 0 unspecified atom stereocenters. The Morgan fingerprint density at radius 3 is 2.38 bits per heavy atom. The Morgan fingerprint density at radius 2 is 1.85 bits per heavy atom. The summed E-state index contributed by atoms with van der Waals surface area (Å²) in [5, 5.41) is 3.91. The Labute approximate surface area is 83.0 Å². The predicted octanol–water partition coefficient (Wildman–Crippen LogP) is 3.07. The Morgan fingerprint density at radius 1 is 1.15 bits per heavy atom. The summed E-state index contributed by atoms with van der Waals surface area (Å²) in [4.78, 5) is 0. The molecular formula is C10H10ClNO. The number of nitrogens with zero attached hydrogens (tertiary/aromatic N) is 1. The lowest BCUT2D eigenvalue weighted by atomic mass is 10.1. The van der Waals surface area contributed by atoms with Crippen LogP contribution < -0.4 is 0 Å². The van der Waals surface area contributed by atoms with E-state index in [0.29, 0.717) is 0 Å². The minimum atomic E-state index is 0. The van der Waals surface area contributed by atoms with Crippen LogP contribution in [0.1, 0.15) is 5.76 Å². The van der Waals surface area contributed by atoms with Crippen molar-refractivity contribution in [3.05, 3.63) is 42.2 Å². The number of halogens is 1. The molecule has 2 rings (SSSR count). The first kappa shape index (κ1) is 9.81. The molecule has 1 heterocycles. The number of benzene rings is 1. The molecule has 0 fully saturated rings. The minimum absolute atomic E-state index is 0. The first-order chi connectivity index (χ1) is 5.86. The van der Waals surface area contributed by atoms with E-state index in [2.05, 4.69) is 5.16 Å². The molecule has 0 amide bonds. The third-order valence-electron chi connectivity index (χ3n) is 1.70. The minimum Gasteiger partial charge on any atom is -0.361 e. The van der Waals surface area contributed by atoms with E-state index in [-0.39, 0.29) is 12.4 Å². The van der Waals surface area contributed by atoms with Crippen LogP contribution in [0.25, 0.3) is 11.3 Å². The van der Waals surface area contributed by atoms with E-state index in [9.17, 15) is 0 Å². The zero-order valence-corrected chi connectivity index (χ0v) is 8.04. The molecule has 0 radical (unpaired) electrons. The van der Waals surface area contributed by atoms with Crippen LogP contribution in [0.15, 0.2) is 40.9 Å². The quantitative estimate of drug-likeness (QED) is 0.699. The van der Waals surface area contributed by atoms with Crippen molar-refractivity contribution in [2.24, 2.45) is 0 Å². The van der Waals surface area contributed by atoms with Gasteiger partial charge in [0.2, 0.25) is 0 Å². The van der Waals surface area contributed by atoms with Gasteiger partial charge in [-0.2, -0.15) is 0 Å². The van der Waals surface area contributed by atoms with E-state index in [1.54, 1.807) is 0 Å². The van der Waals surface area contributed by atoms with Crippen molar-refractivity contribution in [2.45, 2.75) is 6.92 Å². The van der Waals surface area contributed by atoms with Crippen molar-refractivity contribution >= 4 is 12.4 Å². The number of rotatable bonds is 1. The van der Waals surface area contributed by atoms with Gasteiger partial charge in [0.05, 0.1) is 0 Å². The summed E-state index contributed by atoms with van der Waals surface area (Å²) in [6.07, 6.45) is 0. The fourth-order valence-corrected chi connectivity index (χ4v) is 1.11. The van der Waals surface area contributed by atoms with Crippen LogP contribution >= 0.6 is 12.4 Å². The van der Waals surface area contributed by atoms with E-state index in [0.717, 1.165) is 17.0 Å². The molecule has 0 aliphatic rings. The van der Waals surface area contributed by atoms with Gasteiger partial charge in [-0.25, -0.2) is 0 Å². The molecule has 0 atom stereocenters. The van der Waals surface area contributed by atoms with E-state index in [1.165, 1.54) is 0 Å². The van der Waals surface area contributed by atoms with Crippen molar-refractivity contribution in [3.63, 3.8) is 0 Å². The lowest BCUT2D eigenvalue weighted by Gasteiger charge is -1.90. The number of hydrogen-bond acceptors (Lipinski definition) is 2. The van der Waals surface area contributed by atoms with Gasteiger partial charge in [-0.3, -0.25) is 0 Å². The first-order valence-corrected chi connectivity index (χ1v) is 3.85. The molecule has 1 aromatic heterocycles. The smallest absolute Gasteiger partial charge is 0.134 e. The van der Waals surface area contributed by atoms with Gasteiger partial charge in [-0.15, -0.1) is 12.4 Å². The maximum atomic E-state index is 4.97. The molecule has 68 valence electrons. The van der Waals surface area contributed by atoms with Gasteiger partial charge in [-0.1, -0.05) is 35.5 Å². The Hall–Kier alpha value is -1.28. The van der Waals surface area contributed by atoms with Crippen LogP contribution in [0.4, 0.5) is 0 Å². The number of aryl methyl sites for hydroxylation is 1. The lowest BCUT2D eigenvalue weighted by Crippen LogP contribution is -1.73. The third-order valence-corrected chi connectivity index (χ3v) is 1.70. The van der Waals surface area contributed by atoms with Crippen molar-refractivity contribution < 1.29 is 4.52 Å². The summed E-state index contributed by atoms with van der Waals surface area (Å²) >= 11 is 0. The molecule has 2 nitrogen and oxygen atoms in total. The maximum absolute atomic E-state index is 4.97. The molecule has 0 bridgehead atoms. The molecule has 2 aromatic rings. The second-order valence-electron chi connectivity index (χ2n) is 2.69. The normalized spacial score (nSPS) is 9.31. The van der Waals surface area contributed by atoms with E-state index in [1.807, 2.05) is 43.3 Å². The highest BCUT2D eigenvalue weighted by Gasteiger charge is 2.00. The van der Waals surface area contributed by atoms with Crippen LogP contribution in [0.2, 0.25) is 0 Å². The van der Waals surface area contributed by atoms with Crippen LogP contribution in [0, 0.1) is 6.92 Å². The largest absolute Gasteiger partial charge is 0.361 e. The zero-order valence-electron chi connectivity index (χ0n) is 7.23. The van der Waals surface area contributed by atoms with Gasteiger partial charge < -0.3 is 4.52 Å². The van der Waals surface area contributed by atoms with E-state index < -0.39 is 0 Å². The van der Waals surface area contributed by atoms with Crippen molar-refractivity contribution in [1.29, 1.82) is 0 Å². The Balaban J connectivity index is 0.000000845. The molecule has 0 aliphatic heterocycles. The summed E-state index contributed by atoms with van der Waals surface area (Å²) in [6.45, 7) is 1.89. The van der Waals surface area contributed by atoms with Gasteiger partial charge in [0.25, 0.3) is 0 Å². The molecule has 0 saturated carbocycles. The maximum Gasteiger partial charge on any atom is 0.134 e. The molecule has 0 N–H and O–H groups in total. The summed E-state index contributed by atoms with van der Waals surface area (Å²) in [6, 6.07) is 11.9. The molecule has 0 aliphatic carbocycles. The van der Waals surface area contributed by atoms with Gasteiger partial charge in [0.15, 0.2) is 0 Å². The van der Waals surface area contributed by atoms with Gasteiger partial charge in [0.1, 0.15) is 11.5 Å². The van der Waals surface area contributed by atoms with Gasteiger partial charge >= 0.3 is 0 Å². The Kier molecular flexibility index (Phi) is 3.09. The van der Waals surface area contributed by atoms with Gasteiger partial charge in [-0.05, 0) is 6.92 Å². The summed E-state index contributed by atoms with van der Waals surface area (Å²) in [5.41, 5.74) is 1.99. The third kappa shape index (κ3) is 2.10. The molecule has 0 saturated heterocycles. The fourth-order valence-electron chi connectivity index (χ4n) is 1.11. The van der Waals surface area contributed by atoms with E-state index >= 15 is 0 Å². The summed E-state index contributed by atoms with van der Waals surface area (Å²) < 4.78 is 4.97. The molecule has 3 heteroatoms. The van der Waals surface area contributed by atoms with Crippen LogP contribution in [0.3, 0.4) is 0 Å². The lowest BCUT2D eigenvalue weighted by molar-refractivity contribution is 0.399. The second-order valence-corrected chi connectivity index (χ2v) is 2.69. The average molecular weight is 196 g/mol. The molecule has 13 heavy (non-hydrogen) atoms. The van der Waals surface area contributed by atoms with Crippen molar-refractivity contribution in [3.8, 4) is 11.3 Å². The highest BCUT2D eigenvalue weighted by Crippen LogP contribution is 2.17. The molecule has 1 aromatic carbocycles. The fraction of sp³-hybridized carbons (Fsp3) is 0.100. The molecule has 0 spiro atoms. The second kappa shape index (κ2) is 4.10. The highest BCUT2D eigenvalue weighted by atomic mass is 35.5. The Bertz CT molecular complexity index is 369. The van der Waals surface area contributed by atoms with E-state index in [4.69, 9.17) is 4.52 Å². The van der Waals surface area contributed by atoms with Crippen LogP contribution in [-0.4, -0.2) is 5.16 Å². The van der Waals surface area contributed by atoms with Crippen LogP contribution in [0.5, 0.6) is 0 Å². The predicted molar refractivity (Wildman–Crippen MR) is 53.9 cm³/mol. The summed E-state index contributed by atoms with van der Waals surface area (Å²) in [5.74, 6) is 0.842. The highest BCUT2D eigenvalue weighted by molar-refractivity contribution is 5.85.